The molecule has 0 saturated heterocycles. The van der Waals surface area contributed by atoms with Crippen molar-refractivity contribution < 1.29 is 19.8 Å². The monoisotopic (exact) mass is 388 g/mol. The first-order valence-electron chi connectivity index (χ1n) is 7.27. The van der Waals surface area contributed by atoms with Crippen LogP contribution in [0.25, 0.3) is 22.5 Å². The highest BCUT2D eigenvalue weighted by atomic mass is 35.5. The lowest BCUT2D eigenvalue weighted by Crippen LogP contribution is -2.15. The number of benzene rings is 2. The molecule has 2 aromatic carbocycles. The van der Waals surface area contributed by atoms with Gasteiger partial charge < -0.3 is 10.2 Å². The third-order valence-electron chi connectivity index (χ3n) is 3.50. The van der Waals surface area contributed by atoms with Gasteiger partial charge in [0.2, 0.25) is 0 Å². The van der Waals surface area contributed by atoms with Gasteiger partial charge in [-0.15, -0.1) is 0 Å². The van der Waals surface area contributed by atoms with E-state index in [1.807, 2.05) is 0 Å². The summed E-state index contributed by atoms with van der Waals surface area (Å²) in [5.74, 6) is -2.98. The number of rotatable bonds is 4. The van der Waals surface area contributed by atoms with Crippen molar-refractivity contribution >= 4 is 35.1 Å². The molecule has 130 valence electrons. The number of hydrogen-bond donors (Lipinski definition) is 2. The Hall–Kier alpha value is -2.96. The van der Waals surface area contributed by atoms with Crippen LogP contribution in [0.5, 0.6) is 0 Å². The molecule has 6 nitrogen and oxygen atoms in total. The molecule has 0 aliphatic heterocycles. The Labute approximate surface area is 157 Å². The maximum atomic E-state index is 11.5. The van der Waals surface area contributed by atoms with Gasteiger partial charge in [-0.2, -0.15) is 0 Å². The average molecular weight is 389 g/mol. The Morgan fingerprint density at radius 2 is 1.12 bits per heavy atom. The molecule has 0 radical (unpaired) electrons. The normalized spacial score (nSPS) is 10.5. The summed E-state index contributed by atoms with van der Waals surface area (Å²) in [5, 5.41) is 19.5. The SMILES string of the molecule is O=C(O)c1nc(-c2cccc(Cl)c2)c(-c2cccc(Cl)c2)nc1C(=O)O. The average Bonchev–Trinajstić information content (AvgIpc) is 2.60. The van der Waals surface area contributed by atoms with E-state index in [1.165, 1.54) is 0 Å². The summed E-state index contributed by atoms with van der Waals surface area (Å²) in [6.45, 7) is 0. The molecular formula is C18H10Cl2N2O4. The molecule has 0 aliphatic rings. The summed E-state index contributed by atoms with van der Waals surface area (Å²) >= 11 is 12.0. The van der Waals surface area contributed by atoms with Crippen molar-refractivity contribution in [3.63, 3.8) is 0 Å². The van der Waals surface area contributed by atoms with Crippen molar-refractivity contribution in [3.05, 3.63) is 70.0 Å². The highest BCUT2D eigenvalue weighted by molar-refractivity contribution is 6.31. The second kappa shape index (κ2) is 7.11. The van der Waals surface area contributed by atoms with E-state index < -0.39 is 23.3 Å². The molecule has 8 heteroatoms. The standard InChI is InChI=1S/C18H10Cl2N2O4/c19-11-5-1-3-9(7-11)13-14(10-4-2-6-12(20)8-10)22-16(18(25)26)15(21-13)17(23)24/h1-8H,(H,23,24)(H,25,26). The van der Waals surface area contributed by atoms with Gasteiger partial charge in [0.1, 0.15) is 0 Å². The molecule has 0 saturated carbocycles. The smallest absolute Gasteiger partial charge is 0.357 e. The van der Waals surface area contributed by atoms with Gasteiger partial charge in [-0.05, 0) is 24.3 Å². The second-order valence-corrected chi connectivity index (χ2v) is 6.12. The molecule has 3 rings (SSSR count). The second-order valence-electron chi connectivity index (χ2n) is 5.25. The first-order valence-corrected chi connectivity index (χ1v) is 8.03. The van der Waals surface area contributed by atoms with Crippen LogP contribution >= 0.6 is 23.2 Å². The lowest BCUT2D eigenvalue weighted by Gasteiger charge is -2.12. The van der Waals surface area contributed by atoms with E-state index in [9.17, 15) is 19.8 Å². The number of carbonyl (C=O) groups is 2. The number of halogens is 2. The molecule has 0 fully saturated rings. The molecule has 0 spiro atoms. The first kappa shape index (κ1) is 17.8. The fourth-order valence-corrected chi connectivity index (χ4v) is 2.79. The number of aromatic carboxylic acids is 2. The van der Waals surface area contributed by atoms with Crippen molar-refractivity contribution in [2.45, 2.75) is 0 Å². The van der Waals surface area contributed by atoms with E-state index >= 15 is 0 Å². The molecule has 3 aromatic rings. The van der Waals surface area contributed by atoms with Crippen LogP contribution in [0.2, 0.25) is 10.0 Å². The zero-order chi connectivity index (χ0) is 18.8. The van der Waals surface area contributed by atoms with E-state index in [0.29, 0.717) is 21.2 Å². The van der Waals surface area contributed by atoms with Crippen LogP contribution < -0.4 is 0 Å². The largest absolute Gasteiger partial charge is 0.476 e. The Bertz CT molecular complexity index is 955. The van der Waals surface area contributed by atoms with Gasteiger partial charge >= 0.3 is 11.9 Å². The fraction of sp³-hybridized carbons (Fsp3) is 0. The van der Waals surface area contributed by atoms with Gasteiger partial charge in [0.15, 0.2) is 11.4 Å². The number of aromatic nitrogens is 2. The van der Waals surface area contributed by atoms with Crippen LogP contribution in [0, 0.1) is 0 Å². The molecule has 1 aromatic heterocycles. The maximum Gasteiger partial charge on any atom is 0.357 e. The molecule has 1 heterocycles. The maximum absolute atomic E-state index is 11.5. The van der Waals surface area contributed by atoms with Crippen LogP contribution in [0.3, 0.4) is 0 Å². The minimum Gasteiger partial charge on any atom is -0.476 e. The van der Waals surface area contributed by atoms with Gasteiger partial charge in [0, 0.05) is 21.2 Å². The molecule has 2 N–H and O–H groups in total. The number of carboxylic acid groups (broad SMARTS) is 2. The lowest BCUT2D eigenvalue weighted by atomic mass is 10.0. The van der Waals surface area contributed by atoms with E-state index in [4.69, 9.17) is 23.2 Å². The zero-order valence-corrected chi connectivity index (χ0v) is 14.5. The summed E-state index contributed by atoms with van der Waals surface area (Å²) in [6.07, 6.45) is 0. The highest BCUT2D eigenvalue weighted by Gasteiger charge is 2.24. The Balaban J connectivity index is 2.38. The summed E-state index contributed by atoms with van der Waals surface area (Å²) in [6, 6.07) is 13.2. The number of hydrogen-bond acceptors (Lipinski definition) is 4. The van der Waals surface area contributed by atoms with E-state index in [0.717, 1.165) is 0 Å². The van der Waals surface area contributed by atoms with Crippen LogP contribution in [-0.2, 0) is 0 Å². The molecular weight excluding hydrogens is 379 g/mol. The lowest BCUT2D eigenvalue weighted by molar-refractivity contribution is 0.0641. The molecule has 0 bridgehead atoms. The number of carboxylic acids is 2. The molecule has 0 aliphatic carbocycles. The van der Waals surface area contributed by atoms with E-state index in [2.05, 4.69) is 9.97 Å². The molecule has 0 amide bonds. The predicted molar refractivity (Wildman–Crippen MR) is 96.8 cm³/mol. The third kappa shape index (κ3) is 3.51. The van der Waals surface area contributed by atoms with Crippen LogP contribution in [0.15, 0.2) is 48.5 Å². The van der Waals surface area contributed by atoms with Crippen molar-refractivity contribution in [2.24, 2.45) is 0 Å². The highest BCUT2D eigenvalue weighted by Crippen LogP contribution is 2.32. The summed E-state index contributed by atoms with van der Waals surface area (Å²) in [4.78, 5) is 31.1. The van der Waals surface area contributed by atoms with Crippen LogP contribution in [0.1, 0.15) is 21.0 Å². The van der Waals surface area contributed by atoms with Gasteiger partial charge in [-0.25, -0.2) is 19.6 Å². The Morgan fingerprint density at radius 1 is 0.731 bits per heavy atom. The summed E-state index contributed by atoms with van der Waals surface area (Å²) in [5.41, 5.74) is 0.0738. The minimum atomic E-state index is -1.49. The fourth-order valence-electron chi connectivity index (χ4n) is 2.41. The minimum absolute atomic E-state index is 0.192. The topological polar surface area (TPSA) is 100 Å². The van der Waals surface area contributed by atoms with Gasteiger partial charge in [0.05, 0.1) is 11.4 Å². The van der Waals surface area contributed by atoms with Crippen LogP contribution in [-0.4, -0.2) is 32.1 Å². The Kier molecular flexibility index (Phi) is 4.88. The molecule has 0 unspecified atom stereocenters. The zero-order valence-electron chi connectivity index (χ0n) is 13.0. The van der Waals surface area contributed by atoms with Gasteiger partial charge in [-0.1, -0.05) is 47.5 Å². The van der Waals surface area contributed by atoms with Gasteiger partial charge in [-0.3, -0.25) is 0 Å². The third-order valence-corrected chi connectivity index (χ3v) is 3.97. The van der Waals surface area contributed by atoms with E-state index in [-0.39, 0.29) is 11.4 Å². The molecule has 0 atom stereocenters. The van der Waals surface area contributed by atoms with E-state index in [1.54, 1.807) is 48.5 Å². The van der Waals surface area contributed by atoms with Crippen LogP contribution in [0.4, 0.5) is 0 Å². The summed E-state index contributed by atoms with van der Waals surface area (Å²) < 4.78 is 0. The number of nitrogens with zero attached hydrogens (tertiary/aromatic N) is 2. The Morgan fingerprint density at radius 3 is 1.42 bits per heavy atom. The first-order chi connectivity index (χ1) is 12.4. The summed E-state index contributed by atoms with van der Waals surface area (Å²) in [7, 11) is 0. The van der Waals surface area contributed by atoms with Crippen molar-refractivity contribution in [3.8, 4) is 22.5 Å². The quantitative estimate of drug-likeness (QED) is 0.681. The predicted octanol–water partition coefficient (Wildman–Crippen LogP) is 4.51. The van der Waals surface area contributed by atoms with Crippen molar-refractivity contribution in [1.82, 2.24) is 9.97 Å². The molecule has 26 heavy (non-hydrogen) atoms. The van der Waals surface area contributed by atoms with Crippen molar-refractivity contribution in [1.29, 1.82) is 0 Å². The van der Waals surface area contributed by atoms with Crippen molar-refractivity contribution in [2.75, 3.05) is 0 Å². The van der Waals surface area contributed by atoms with Gasteiger partial charge in [0.25, 0.3) is 0 Å².